The highest BCUT2D eigenvalue weighted by Gasteiger charge is 2.34. The van der Waals surface area contributed by atoms with Crippen molar-refractivity contribution >= 4 is 33.1 Å². The molecule has 18 heteroatoms. The van der Waals surface area contributed by atoms with Crippen LogP contribution in [0.1, 0.15) is 29.8 Å². The van der Waals surface area contributed by atoms with Crippen molar-refractivity contribution < 1.29 is 60.5 Å². The van der Waals surface area contributed by atoms with Crippen LogP contribution in [0.25, 0.3) is 11.1 Å². The fraction of sp³-hybridized carbons (Fsp3) is 0.308. The molecule has 1 amide bonds. The zero-order chi connectivity index (χ0) is 32.9. The third kappa shape index (κ3) is 11.0. The van der Waals surface area contributed by atoms with E-state index in [1.54, 1.807) is 19.1 Å². The summed E-state index contributed by atoms with van der Waals surface area (Å²) in [6.07, 6.45) is -3.33. The van der Waals surface area contributed by atoms with Crippen molar-refractivity contribution in [3.63, 3.8) is 0 Å². The molecule has 2 heterocycles. The summed E-state index contributed by atoms with van der Waals surface area (Å²) in [5.41, 5.74) is 1.95. The molecular formula is C26H30F3N3O10P2. The maximum Gasteiger partial charge on any atom is 0.573 e. The number of phosphoric acid groups is 2. The maximum atomic E-state index is 13.2. The number of pyridine rings is 1. The summed E-state index contributed by atoms with van der Waals surface area (Å²) in [7, 11) is -10.1. The Morgan fingerprint density at radius 2 is 1.57 bits per heavy atom. The quantitative estimate of drug-likeness (QED) is 0.213. The van der Waals surface area contributed by atoms with Crippen LogP contribution in [-0.2, 0) is 18.2 Å². The average Bonchev–Trinajstić information content (AvgIpc) is 2.86. The van der Waals surface area contributed by atoms with E-state index in [9.17, 15) is 27.1 Å². The summed E-state index contributed by atoms with van der Waals surface area (Å²) in [6.45, 7) is 6.95. The molecule has 0 spiro atoms. The average molecular weight is 663 g/mol. The largest absolute Gasteiger partial charge is 0.573 e. The molecule has 0 radical (unpaired) electrons. The number of ether oxygens (including phenoxy) is 2. The van der Waals surface area contributed by atoms with Gasteiger partial charge in [0.2, 0.25) is 0 Å². The minimum atomic E-state index is -5.05. The maximum absolute atomic E-state index is 13.2. The number of morpholine rings is 1. The third-order valence-corrected chi connectivity index (χ3v) is 7.63. The van der Waals surface area contributed by atoms with E-state index in [0.717, 1.165) is 11.4 Å². The second-order valence-corrected chi connectivity index (χ2v) is 12.2. The normalized spacial score (nSPS) is 17.4. The van der Waals surface area contributed by atoms with Crippen molar-refractivity contribution in [3.8, 4) is 16.9 Å². The zero-order valence-electron chi connectivity index (χ0n) is 23.5. The molecule has 1 aromatic heterocycles. The number of aromatic nitrogens is 1. The number of carbonyl (C=O) groups is 1. The first-order valence-electron chi connectivity index (χ1n) is 12.8. The van der Waals surface area contributed by atoms with Crippen molar-refractivity contribution in [1.29, 1.82) is 0 Å². The van der Waals surface area contributed by atoms with Gasteiger partial charge in [0.25, 0.3) is 5.91 Å². The molecule has 0 unspecified atom stereocenters. The summed E-state index contributed by atoms with van der Waals surface area (Å²) in [4.78, 5) is 50.7. The molecule has 1 aliphatic heterocycles. The Labute approximate surface area is 250 Å². The standard InChI is InChI=1S/C26H26F3N3O3.H4O7P2/c1-16-14-32(15-17(2)34-16)23-12-9-20(13-30-23)31-25(33)24-18(3)21(19-7-5-4-6-8-19)10-11-22(24)35-26(27,28)29;1-8(2,3)7-9(4,5)6/h4-13,16-17H,14-15H2,1-3H3,(H,31,33);(H2,1,2,3)(H2,4,5,6)/t16-,17+;. The van der Waals surface area contributed by atoms with Gasteiger partial charge in [-0.05, 0) is 55.7 Å². The Morgan fingerprint density at radius 3 is 2.05 bits per heavy atom. The number of nitrogens with zero attached hydrogens (tertiary/aromatic N) is 2. The summed E-state index contributed by atoms with van der Waals surface area (Å²) < 4.78 is 71.3. The Balaban J connectivity index is 0.000000512. The predicted molar refractivity (Wildman–Crippen MR) is 153 cm³/mol. The molecule has 5 N–H and O–H groups in total. The van der Waals surface area contributed by atoms with Gasteiger partial charge in [-0.1, -0.05) is 36.4 Å². The number of carbonyl (C=O) groups excluding carboxylic acids is 1. The first kappa shape index (κ1) is 35.2. The number of rotatable bonds is 7. The number of alkyl halides is 3. The lowest BCUT2D eigenvalue weighted by atomic mass is 9.95. The van der Waals surface area contributed by atoms with E-state index in [1.165, 1.54) is 18.3 Å². The molecule has 0 saturated carbocycles. The second kappa shape index (κ2) is 14.2. The number of anilines is 2. The lowest BCUT2D eigenvalue weighted by Crippen LogP contribution is -2.45. The zero-order valence-corrected chi connectivity index (χ0v) is 25.3. The van der Waals surface area contributed by atoms with Gasteiger partial charge in [0.05, 0.1) is 29.7 Å². The highest BCUT2D eigenvalue weighted by Crippen LogP contribution is 2.53. The van der Waals surface area contributed by atoms with E-state index in [4.69, 9.17) is 24.3 Å². The first-order valence-corrected chi connectivity index (χ1v) is 15.8. The molecule has 1 aliphatic rings. The van der Waals surface area contributed by atoms with E-state index in [-0.39, 0.29) is 17.8 Å². The lowest BCUT2D eigenvalue weighted by Gasteiger charge is -2.36. The number of halogens is 3. The van der Waals surface area contributed by atoms with Crippen molar-refractivity contribution in [2.24, 2.45) is 0 Å². The summed E-state index contributed by atoms with van der Waals surface area (Å²) >= 11 is 0. The SMILES string of the molecule is Cc1c(-c2ccccc2)ccc(OC(F)(F)F)c1C(=O)Nc1ccc(N2C[C@@H](C)O[C@@H](C)C2)nc1.O=P(O)(O)OP(=O)(O)O. The molecule has 3 aromatic rings. The molecule has 2 atom stereocenters. The van der Waals surface area contributed by atoms with Gasteiger partial charge in [-0.2, -0.15) is 4.31 Å². The molecule has 0 aliphatic carbocycles. The fourth-order valence-electron chi connectivity index (χ4n) is 4.45. The van der Waals surface area contributed by atoms with Gasteiger partial charge >= 0.3 is 22.0 Å². The predicted octanol–water partition coefficient (Wildman–Crippen LogP) is 5.01. The van der Waals surface area contributed by atoms with Gasteiger partial charge in [0.1, 0.15) is 11.6 Å². The molecule has 2 aromatic carbocycles. The van der Waals surface area contributed by atoms with Crippen LogP contribution in [0, 0.1) is 6.92 Å². The van der Waals surface area contributed by atoms with Crippen molar-refractivity contribution in [2.45, 2.75) is 39.3 Å². The van der Waals surface area contributed by atoms with Crippen LogP contribution in [0.2, 0.25) is 0 Å². The van der Waals surface area contributed by atoms with Gasteiger partial charge in [-0.25, -0.2) is 14.1 Å². The Morgan fingerprint density at radius 1 is 0.977 bits per heavy atom. The van der Waals surface area contributed by atoms with Gasteiger partial charge < -0.3 is 39.3 Å². The first-order chi connectivity index (χ1) is 20.3. The summed E-state index contributed by atoms with van der Waals surface area (Å²) in [5, 5.41) is 2.66. The highest BCUT2D eigenvalue weighted by molar-refractivity contribution is 7.60. The molecule has 1 fully saturated rings. The smallest absolute Gasteiger partial charge is 0.405 e. The van der Waals surface area contributed by atoms with Crippen LogP contribution in [0.15, 0.2) is 60.8 Å². The number of hydrogen-bond donors (Lipinski definition) is 5. The summed E-state index contributed by atoms with van der Waals surface area (Å²) in [5.74, 6) is -0.552. The number of nitrogens with one attached hydrogen (secondary N) is 1. The minimum absolute atomic E-state index is 0.0619. The number of benzene rings is 2. The van der Waals surface area contributed by atoms with Crippen LogP contribution in [-0.4, -0.2) is 62.1 Å². The Hall–Kier alpha value is -3.33. The van der Waals surface area contributed by atoms with E-state index in [2.05, 4.69) is 24.2 Å². The molecule has 240 valence electrons. The van der Waals surface area contributed by atoms with Gasteiger partial charge in [-0.3, -0.25) is 4.79 Å². The fourth-order valence-corrected chi connectivity index (χ4v) is 5.56. The van der Waals surface area contributed by atoms with Crippen LogP contribution in [0.3, 0.4) is 0 Å². The van der Waals surface area contributed by atoms with Crippen molar-refractivity contribution in [3.05, 3.63) is 71.9 Å². The van der Waals surface area contributed by atoms with E-state index >= 15 is 0 Å². The number of hydrogen-bond acceptors (Lipinski definition) is 8. The second-order valence-electron chi connectivity index (χ2n) is 9.61. The van der Waals surface area contributed by atoms with Crippen LogP contribution < -0.4 is 15.0 Å². The van der Waals surface area contributed by atoms with E-state index in [0.29, 0.717) is 29.9 Å². The van der Waals surface area contributed by atoms with Crippen LogP contribution in [0.4, 0.5) is 24.7 Å². The van der Waals surface area contributed by atoms with E-state index < -0.39 is 33.7 Å². The molecule has 13 nitrogen and oxygen atoms in total. The van der Waals surface area contributed by atoms with Gasteiger partial charge in [-0.15, -0.1) is 13.2 Å². The van der Waals surface area contributed by atoms with E-state index in [1.807, 2.05) is 44.2 Å². The minimum Gasteiger partial charge on any atom is -0.405 e. The molecule has 1 saturated heterocycles. The topological polar surface area (TPSA) is 188 Å². The monoisotopic (exact) mass is 663 g/mol. The van der Waals surface area contributed by atoms with Crippen LogP contribution in [0.5, 0.6) is 5.75 Å². The third-order valence-electron chi connectivity index (χ3n) is 5.93. The molecule has 4 rings (SSSR count). The lowest BCUT2D eigenvalue weighted by molar-refractivity contribution is -0.274. The number of amides is 1. The van der Waals surface area contributed by atoms with Crippen molar-refractivity contribution in [1.82, 2.24) is 4.98 Å². The van der Waals surface area contributed by atoms with Crippen molar-refractivity contribution in [2.75, 3.05) is 23.3 Å². The molecule has 0 bridgehead atoms. The van der Waals surface area contributed by atoms with Gasteiger partial charge in [0, 0.05) is 13.1 Å². The molecular weight excluding hydrogens is 633 g/mol. The van der Waals surface area contributed by atoms with Gasteiger partial charge in [0.15, 0.2) is 0 Å². The Kier molecular flexibility index (Phi) is 11.3. The highest BCUT2D eigenvalue weighted by atomic mass is 31.3. The Bertz CT molecular complexity index is 1500. The summed E-state index contributed by atoms with van der Waals surface area (Å²) in [6, 6.07) is 15.2. The molecule has 44 heavy (non-hydrogen) atoms. The van der Waals surface area contributed by atoms with Crippen LogP contribution >= 0.6 is 15.6 Å².